The average Bonchev–Trinajstić information content (AvgIpc) is 2.59. The molecule has 0 atom stereocenters. The van der Waals surface area contributed by atoms with Crippen LogP contribution in [0, 0.1) is 0 Å². The molecule has 0 radical (unpaired) electrons. The molecule has 8 heteroatoms. The highest BCUT2D eigenvalue weighted by atomic mass is 32.2. The molecule has 0 saturated heterocycles. The molecule has 2 aromatic rings. The second-order valence-corrected chi connectivity index (χ2v) is 9.13. The minimum Gasteiger partial charge on any atom is -0.368 e. The van der Waals surface area contributed by atoms with Crippen LogP contribution in [0.1, 0.15) is 50.6 Å². The predicted molar refractivity (Wildman–Crippen MR) is 107 cm³/mol. The quantitative estimate of drug-likeness (QED) is 0.815. The third kappa shape index (κ3) is 4.56. The lowest BCUT2D eigenvalue weighted by Gasteiger charge is -2.30. The molecule has 146 valence electrons. The number of aromatic nitrogens is 2. The first-order chi connectivity index (χ1) is 12.6. The van der Waals surface area contributed by atoms with Crippen molar-refractivity contribution >= 4 is 21.7 Å². The maximum Gasteiger partial charge on any atom is 0.238 e. The van der Waals surface area contributed by atoms with E-state index in [2.05, 4.69) is 42.9 Å². The largest absolute Gasteiger partial charge is 0.368 e. The minimum absolute atomic E-state index is 0.149. The van der Waals surface area contributed by atoms with Gasteiger partial charge in [0.25, 0.3) is 0 Å². The molecule has 2 heterocycles. The summed E-state index contributed by atoms with van der Waals surface area (Å²) >= 11 is 0. The van der Waals surface area contributed by atoms with Gasteiger partial charge in [-0.05, 0) is 43.5 Å². The highest BCUT2D eigenvalue weighted by Gasteiger charge is 2.21. The fourth-order valence-corrected chi connectivity index (χ4v) is 3.71. The molecule has 0 fully saturated rings. The number of benzene rings is 1. The zero-order chi connectivity index (χ0) is 19.8. The van der Waals surface area contributed by atoms with E-state index in [0.717, 1.165) is 41.6 Å². The number of nitrogens with two attached hydrogens (primary N) is 1. The van der Waals surface area contributed by atoms with Crippen molar-refractivity contribution in [3.63, 3.8) is 0 Å². The molecule has 0 bridgehead atoms. The van der Waals surface area contributed by atoms with Gasteiger partial charge in [0.2, 0.25) is 10.0 Å². The summed E-state index contributed by atoms with van der Waals surface area (Å²) in [5, 5.41) is 8.64. The van der Waals surface area contributed by atoms with E-state index in [1.54, 1.807) is 12.1 Å². The summed E-state index contributed by atoms with van der Waals surface area (Å²) in [5.74, 6) is 2.66. The lowest BCUT2D eigenvalue weighted by Crippen LogP contribution is -2.32. The van der Waals surface area contributed by atoms with Gasteiger partial charge < -0.3 is 10.2 Å². The Kier molecular flexibility index (Phi) is 5.39. The van der Waals surface area contributed by atoms with E-state index in [0.29, 0.717) is 6.54 Å². The van der Waals surface area contributed by atoms with Crippen LogP contribution in [0.25, 0.3) is 0 Å². The third-order valence-corrected chi connectivity index (χ3v) is 5.44. The second kappa shape index (κ2) is 7.44. The Morgan fingerprint density at radius 3 is 2.48 bits per heavy atom. The van der Waals surface area contributed by atoms with E-state index >= 15 is 0 Å². The average molecular weight is 390 g/mol. The Bertz CT molecular complexity index is 941. The van der Waals surface area contributed by atoms with Gasteiger partial charge in [0.1, 0.15) is 17.5 Å². The van der Waals surface area contributed by atoms with Gasteiger partial charge in [0.05, 0.1) is 4.90 Å². The van der Waals surface area contributed by atoms with E-state index in [-0.39, 0.29) is 16.9 Å². The molecule has 27 heavy (non-hydrogen) atoms. The van der Waals surface area contributed by atoms with Gasteiger partial charge in [-0.1, -0.05) is 19.9 Å². The molecule has 3 N–H and O–H groups in total. The van der Waals surface area contributed by atoms with Gasteiger partial charge in [0.15, 0.2) is 0 Å². The molecule has 1 aromatic heterocycles. The van der Waals surface area contributed by atoms with Crippen LogP contribution in [0.15, 0.2) is 29.2 Å². The number of hydrogen-bond acceptors (Lipinski definition) is 6. The molecule has 0 aliphatic carbocycles. The second-order valence-electron chi connectivity index (χ2n) is 7.57. The zero-order valence-electron chi connectivity index (χ0n) is 16.2. The van der Waals surface area contributed by atoms with Gasteiger partial charge in [-0.15, -0.1) is 0 Å². The van der Waals surface area contributed by atoms with Gasteiger partial charge in [-0.25, -0.2) is 23.5 Å². The molecule has 1 aromatic carbocycles. The standard InChI is InChI=1S/C19H27N5O2S/c1-12(2)19-22-17(21-13(3)4)10-18(23-19)24-8-7-14-5-6-16(27(20,25)26)9-15(14)11-24/h5-6,9-10,12-13H,7-8,11H2,1-4H3,(H2,20,25,26)(H,21,22,23). The summed E-state index contributed by atoms with van der Waals surface area (Å²) in [6.07, 6.45) is 0.828. The lowest BCUT2D eigenvalue weighted by atomic mass is 10.00. The number of rotatable bonds is 5. The summed E-state index contributed by atoms with van der Waals surface area (Å²) in [4.78, 5) is 11.7. The van der Waals surface area contributed by atoms with Crippen LogP contribution in [0.5, 0.6) is 0 Å². The highest BCUT2D eigenvalue weighted by molar-refractivity contribution is 7.89. The van der Waals surface area contributed by atoms with Crippen LogP contribution in [0.4, 0.5) is 11.6 Å². The molecular weight excluding hydrogens is 362 g/mol. The summed E-state index contributed by atoms with van der Waals surface area (Å²) in [6, 6.07) is 7.34. The van der Waals surface area contributed by atoms with Crippen molar-refractivity contribution in [3.05, 3.63) is 41.2 Å². The Balaban J connectivity index is 1.95. The number of anilines is 2. The van der Waals surface area contributed by atoms with Crippen molar-refractivity contribution in [1.29, 1.82) is 0 Å². The Morgan fingerprint density at radius 2 is 1.85 bits per heavy atom. The number of nitrogens with one attached hydrogen (secondary N) is 1. The van der Waals surface area contributed by atoms with E-state index in [1.165, 1.54) is 0 Å². The van der Waals surface area contributed by atoms with Crippen LogP contribution >= 0.6 is 0 Å². The summed E-state index contributed by atoms with van der Waals surface area (Å²) in [6.45, 7) is 9.70. The van der Waals surface area contributed by atoms with Crippen LogP contribution in [-0.2, 0) is 23.0 Å². The Morgan fingerprint density at radius 1 is 1.11 bits per heavy atom. The number of nitrogens with zero attached hydrogens (tertiary/aromatic N) is 3. The smallest absolute Gasteiger partial charge is 0.238 e. The molecule has 1 aliphatic heterocycles. The first-order valence-electron chi connectivity index (χ1n) is 9.18. The van der Waals surface area contributed by atoms with E-state index in [1.807, 2.05) is 12.1 Å². The number of sulfonamides is 1. The predicted octanol–water partition coefficient (Wildman–Crippen LogP) is 2.63. The van der Waals surface area contributed by atoms with Gasteiger partial charge in [-0.2, -0.15) is 0 Å². The van der Waals surface area contributed by atoms with Crippen molar-refractivity contribution in [2.75, 3.05) is 16.8 Å². The maximum absolute atomic E-state index is 11.7. The summed E-state index contributed by atoms with van der Waals surface area (Å²) < 4.78 is 23.3. The van der Waals surface area contributed by atoms with Gasteiger partial charge in [-0.3, -0.25) is 0 Å². The monoisotopic (exact) mass is 389 g/mol. The third-order valence-electron chi connectivity index (χ3n) is 4.53. The van der Waals surface area contributed by atoms with Crippen LogP contribution in [0.3, 0.4) is 0 Å². The van der Waals surface area contributed by atoms with Crippen molar-refractivity contribution in [2.45, 2.75) is 57.5 Å². The zero-order valence-corrected chi connectivity index (χ0v) is 17.0. The van der Waals surface area contributed by atoms with E-state index in [9.17, 15) is 8.42 Å². The highest BCUT2D eigenvalue weighted by Crippen LogP contribution is 2.27. The van der Waals surface area contributed by atoms with Crippen LogP contribution in [0.2, 0.25) is 0 Å². The summed E-state index contributed by atoms with van der Waals surface area (Å²) in [5.41, 5.74) is 2.12. The molecular formula is C19H27N5O2S. The number of fused-ring (bicyclic) bond motifs is 1. The van der Waals surface area contributed by atoms with Crippen molar-refractivity contribution < 1.29 is 8.42 Å². The molecule has 0 spiro atoms. The van der Waals surface area contributed by atoms with E-state index in [4.69, 9.17) is 10.1 Å². The fraction of sp³-hybridized carbons (Fsp3) is 0.474. The van der Waals surface area contributed by atoms with Crippen molar-refractivity contribution in [1.82, 2.24) is 9.97 Å². The first-order valence-corrected chi connectivity index (χ1v) is 10.7. The normalized spacial score (nSPS) is 14.6. The van der Waals surface area contributed by atoms with Crippen LogP contribution in [-0.4, -0.2) is 31.0 Å². The van der Waals surface area contributed by atoms with Crippen molar-refractivity contribution in [2.24, 2.45) is 5.14 Å². The molecule has 0 saturated carbocycles. The molecule has 0 unspecified atom stereocenters. The number of hydrogen-bond donors (Lipinski definition) is 2. The molecule has 1 aliphatic rings. The Hall–Kier alpha value is -2.19. The summed E-state index contributed by atoms with van der Waals surface area (Å²) in [7, 11) is -3.71. The van der Waals surface area contributed by atoms with Crippen molar-refractivity contribution in [3.8, 4) is 0 Å². The molecule has 0 amide bonds. The minimum atomic E-state index is -3.71. The number of primary sulfonamides is 1. The Labute approximate surface area is 161 Å². The first kappa shape index (κ1) is 19.6. The fourth-order valence-electron chi connectivity index (χ4n) is 3.15. The topological polar surface area (TPSA) is 101 Å². The van der Waals surface area contributed by atoms with Gasteiger partial charge in [0, 0.05) is 31.1 Å². The lowest BCUT2D eigenvalue weighted by molar-refractivity contribution is 0.597. The maximum atomic E-state index is 11.7. The van der Waals surface area contributed by atoms with E-state index < -0.39 is 10.0 Å². The van der Waals surface area contributed by atoms with Gasteiger partial charge >= 0.3 is 0 Å². The van der Waals surface area contributed by atoms with Crippen LogP contribution < -0.4 is 15.4 Å². The molecule has 7 nitrogen and oxygen atoms in total. The SMILES string of the molecule is CC(C)Nc1cc(N2CCc3ccc(S(N)(=O)=O)cc3C2)nc(C(C)C)n1. The molecule has 3 rings (SSSR count).